The Morgan fingerprint density at radius 1 is 1.17 bits per heavy atom. The number of halogens is 1. The molecule has 0 aliphatic carbocycles. The van der Waals surface area contributed by atoms with Crippen molar-refractivity contribution in [1.82, 2.24) is 4.98 Å². The fraction of sp³-hybridized carbons (Fsp3) is 0. The summed E-state index contributed by atoms with van der Waals surface area (Å²) < 4.78 is 15.5. The number of carboxylic acids is 1. The average Bonchev–Trinajstić information content (AvgIpc) is 2.55. The SMILES string of the molecule is Nc1ccc2cc(Cl)cc(S(=O)Nc3ccc(C(=O)O)cc3)c2n1. The summed E-state index contributed by atoms with van der Waals surface area (Å²) in [5.74, 6) is -0.711. The van der Waals surface area contributed by atoms with Crippen LogP contribution in [0, 0.1) is 0 Å². The van der Waals surface area contributed by atoms with Crippen molar-refractivity contribution in [3.05, 3.63) is 59.1 Å². The molecule has 8 heteroatoms. The lowest BCUT2D eigenvalue weighted by molar-refractivity contribution is 0.0697. The van der Waals surface area contributed by atoms with Crippen LogP contribution in [0.15, 0.2) is 53.4 Å². The van der Waals surface area contributed by atoms with E-state index in [0.29, 0.717) is 26.9 Å². The normalized spacial score (nSPS) is 12.0. The van der Waals surface area contributed by atoms with Gasteiger partial charge in [0.15, 0.2) is 11.0 Å². The molecule has 1 aromatic heterocycles. The summed E-state index contributed by atoms with van der Waals surface area (Å²) >= 11 is 6.08. The number of aromatic carboxylic acids is 1. The van der Waals surface area contributed by atoms with Crippen molar-refractivity contribution in [2.24, 2.45) is 0 Å². The number of aromatic nitrogens is 1. The lowest BCUT2D eigenvalue weighted by Gasteiger charge is -2.10. The quantitative estimate of drug-likeness (QED) is 0.661. The molecule has 0 spiro atoms. The molecule has 1 heterocycles. The first-order chi connectivity index (χ1) is 11.4. The number of hydrogen-bond donors (Lipinski definition) is 3. The van der Waals surface area contributed by atoms with Gasteiger partial charge in [-0.15, -0.1) is 0 Å². The maximum atomic E-state index is 12.7. The number of anilines is 2. The van der Waals surface area contributed by atoms with E-state index in [1.165, 1.54) is 24.3 Å². The van der Waals surface area contributed by atoms with Gasteiger partial charge >= 0.3 is 5.97 Å². The summed E-state index contributed by atoms with van der Waals surface area (Å²) in [5, 5.41) is 10.1. The zero-order valence-electron chi connectivity index (χ0n) is 12.2. The molecular formula is C16H12ClN3O3S. The minimum atomic E-state index is -1.64. The number of hydrogen-bond acceptors (Lipinski definition) is 4. The van der Waals surface area contributed by atoms with E-state index in [4.69, 9.17) is 22.4 Å². The van der Waals surface area contributed by atoms with Crippen LogP contribution in [0.4, 0.5) is 11.5 Å². The molecule has 0 saturated heterocycles. The van der Waals surface area contributed by atoms with E-state index in [0.717, 1.165) is 5.39 Å². The first kappa shape index (κ1) is 16.2. The van der Waals surface area contributed by atoms with Crippen molar-refractivity contribution < 1.29 is 14.1 Å². The van der Waals surface area contributed by atoms with E-state index in [9.17, 15) is 9.00 Å². The number of nitrogens with one attached hydrogen (secondary N) is 1. The van der Waals surface area contributed by atoms with Gasteiger partial charge in [0, 0.05) is 16.1 Å². The highest BCUT2D eigenvalue weighted by atomic mass is 35.5. The largest absolute Gasteiger partial charge is 0.478 e. The number of nitrogen functional groups attached to an aromatic ring is 1. The molecule has 4 N–H and O–H groups in total. The molecule has 0 saturated carbocycles. The predicted octanol–water partition coefficient (Wildman–Crippen LogP) is 3.30. The van der Waals surface area contributed by atoms with Gasteiger partial charge in [-0.05, 0) is 48.5 Å². The number of pyridine rings is 1. The Morgan fingerprint density at radius 3 is 2.54 bits per heavy atom. The lowest BCUT2D eigenvalue weighted by atomic mass is 10.2. The van der Waals surface area contributed by atoms with Crippen LogP contribution in [0.3, 0.4) is 0 Å². The minimum Gasteiger partial charge on any atom is -0.478 e. The second-order valence-electron chi connectivity index (χ2n) is 4.97. The molecule has 0 fully saturated rings. The van der Waals surface area contributed by atoms with Crippen LogP contribution >= 0.6 is 11.6 Å². The summed E-state index contributed by atoms with van der Waals surface area (Å²) in [6, 6.07) is 12.6. The standard InChI is InChI=1S/C16H12ClN3O3S/c17-11-7-10-3-6-14(18)19-15(10)13(8-11)24(23)20-12-4-1-9(2-5-12)16(21)22/h1-8,20H,(H2,18,19)(H,21,22). The van der Waals surface area contributed by atoms with Gasteiger partial charge in [0.25, 0.3) is 0 Å². The third-order valence-corrected chi connectivity index (χ3v) is 4.64. The zero-order valence-corrected chi connectivity index (χ0v) is 13.8. The Balaban J connectivity index is 1.96. The van der Waals surface area contributed by atoms with E-state index in [1.54, 1.807) is 24.3 Å². The first-order valence-corrected chi connectivity index (χ1v) is 8.34. The fourth-order valence-corrected chi connectivity index (χ4v) is 3.49. The summed E-state index contributed by atoms with van der Waals surface area (Å²) in [6.07, 6.45) is 0. The third kappa shape index (κ3) is 3.32. The minimum absolute atomic E-state index is 0.147. The van der Waals surface area contributed by atoms with Gasteiger partial charge in [-0.2, -0.15) is 0 Å². The molecule has 0 radical (unpaired) electrons. The van der Waals surface area contributed by atoms with Crippen molar-refractivity contribution in [2.75, 3.05) is 10.5 Å². The molecule has 2 aromatic carbocycles. The maximum Gasteiger partial charge on any atom is 0.335 e. The third-order valence-electron chi connectivity index (χ3n) is 3.29. The molecule has 0 amide bonds. The number of carboxylic acid groups (broad SMARTS) is 1. The Bertz CT molecular complexity index is 961. The van der Waals surface area contributed by atoms with Crippen molar-refractivity contribution >= 4 is 51.0 Å². The second-order valence-corrected chi connectivity index (χ2v) is 6.58. The molecule has 0 aliphatic heterocycles. The van der Waals surface area contributed by atoms with Crippen molar-refractivity contribution in [1.29, 1.82) is 0 Å². The van der Waals surface area contributed by atoms with Gasteiger partial charge in [0.05, 0.1) is 16.0 Å². The highest BCUT2D eigenvalue weighted by Gasteiger charge is 2.13. The van der Waals surface area contributed by atoms with Gasteiger partial charge in [0.1, 0.15) is 5.82 Å². The molecule has 3 aromatic rings. The van der Waals surface area contributed by atoms with Crippen LogP contribution in [0.25, 0.3) is 10.9 Å². The molecule has 1 atom stereocenters. The first-order valence-electron chi connectivity index (χ1n) is 6.81. The summed E-state index contributed by atoms with van der Waals surface area (Å²) in [4.78, 5) is 15.5. The van der Waals surface area contributed by atoms with E-state index < -0.39 is 17.0 Å². The van der Waals surface area contributed by atoms with Crippen LogP contribution in [-0.2, 0) is 11.0 Å². The lowest BCUT2D eigenvalue weighted by Crippen LogP contribution is -2.07. The van der Waals surface area contributed by atoms with Gasteiger partial charge in [-0.25, -0.2) is 14.0 Å². The van der Waals surface area contributed by atoms with E-state index in [2.05, 4.69) is 9.71 Å². The maximum absolute atomic E-state index is 12.7. The predicted molar refractivity (Wildman–Crippen MR) is 94.6 cm³/mol. The number of nitrogens with two attached hydrogens (primary N) is 1. The zero-order chi connectivity index (χ0) is 17.3. The van der Waals surface area contributed by atoms with Gasteiger partial charge in [-0.1, -0.05) is 11.6 Å². The van der Waals surface area contributed by atoms with Crippen LogP contribution < -0.4 is 10.5 Å². The van der Waals surface area contributed by atoms with Crippen molar-refractivity contribution in [3.8, 4) is 0 Å². The second kappa shape index (κ2) is 6.46. The molecular weight excluding hydrogens is 350 g/mol. The van der Waals surface area contributed by atoms with Crippen LogP contribution in [-0.4, -0.2) is 20.3 Å². The fourth-order valence-electron chi connectivity index (χ4n) is 2.17. The highest BCUT2D eigenvalue weighted by Crippen LogP contribution is 2.26. The Hall–Kier alpha value is -2.64. The Kier molecular flexibility index (Phi) is 4.37. The average molecular weight is 362 g/mol. The molecule has 122 valence electrons. The van der Waals surface area contributed by atoms with Gasteiger partial charge < -0.3 is 15.6 Å². The summed E-state index contributed by atoms with van der Waals surface area (Å²) in [5.41, 5.74) is 6.86. The molecule has 3 rings (SSSR count). The molecule has 0 aliphatic rings. The van der Waals surface area contributed by atoms with E-state index in [-0.39, 0.29) is 5.56 Å². The van der Waals surface area contributed by atoms with E-state index >= 15 is 0 Å². The smallest absolute Gasteiger partial charge is 0.335 e. The topological polar surface area (TPSA) is 105 Å². The highest BCUT2D eigenvalue weighted by molar-refractivity contribution is 7.86. The monoisotopic (exact) mass is 361 g/mol. The molecule has 1 unspecified atom stereocenters. The number of nitrogens with zero attached hydrogens (tertiary/aromatic N) is 1. The summed E-state index contributed by atoms with van der Waals surface area (Å²) in [7, 11) is -1.64. The van der Waals surface area contributed by atoms with Crippen molar-refractivity contribution in [3.63, 3.8) is 0 Å². The number of benzene rings is 2. The number of rotatable bonds is 4. The Labute approximate surface area is 144 Å². The van der Waals surface area contributed by atoms with Crippen LogP contribution in [0.5, 0.6) is 0 Å². The van der Waals surface area contributed by atoms with Crippen molar-refractivity contribution in [2.45, 2.75) is 4.90 Å². The van der Waals surface area contributed by atoms with Crippen LogP contribution in [0.2, 0.25) is 5.02 Å². The Morgan fingerprint density at radius 2 is 1.88 bits per heavy atom. The number of carbonyl (C=O) groups is 1. The van der Waals surface area contributed by atoms with E-state index in [1.807, 2.05) is 0 Å². The van der Waals surface area contributed by atoms with Crippen LogP contribution in [0.1, 0.15) is 10.4 Å². The molecule has 24 heavy (non-hydrogen) atoms. The summed E-state index contributed by atoms with van der Waals surface area (Å²) in [6.45, 7) is 0. The molecule has 0 bridgehead atoms. The number of fused-ring (bicyclic) bond motifs is 1. The molecule has 6 nitrogen and oxygen atoms in total. The van der Waals surface area contributed by atoms with Gasteiger partial charge in [0.2, 0.25) is 0 Å². The van der Waals surface area contributed by atoms with Gasteiger partial charge in [-0.3, -0.25) is 0 Å².